The van der Waals surface area contributed by atoms with Crippen molar-refractivity contribution in [2.75, 3.05) is 26.2 Å². The molecule has 1 fully saturated rings. The van der Waals surface area contributed by atoms with E-state index in [1.807, 2.05) is 112 Å². The molecule has 0 N–H and O–H groups in total. The fourth-order valence-corrected chi connectivity index (χ4v) is 7.46. The number of amides is 1. The summed E-state index contributed by atoms with van der Waals surface area (Å²) in [7, 11) is 1.88. The molecule has 4 heterocycles. The van der Waals surface area contributed by atoms with Crippen molar-refractivity contribution in [2.45, 2.75) is 71.8 Å². The molecule has 1 saturated heterocycles. The summed E-state index contributed by atoms with van der Waals surface area (Å²) < 4.78 is 35.9. The summed E-state index contributed by atoms with van der Waals surface area (Å²) in [6.07, 6.45) is 4.58. The van der Waals surface area contributed by atoms with Crippen molar-refractivity contribution in [2.24, 2.45) is 13.0 Å². The van der Waals surface area contributed by atoms with E-state index in [2.05, 4.69) is 17.9 Å². The molecule has 0 bridgehead atoms. The van der Waals surface area contributed by atoms with Gasteiger partial charge in [0.2, 0.25) is 11.8 Å². The summed E-state index contributed by atoms with van der Waals surface area (Å²) in [5.74, 6) is 1.01. The number of hydrogen-bond donors (Lipinski definition) is 0. The summed E-state index contributed by atoms with van der Waals surface area (Å²) >= 11 is 0. The van der Waals surface area contributed by atoms with Crippen LogP contribution in [0.5, 0.6) is 11.8 Å². The highest BCUT2D eigenvalue weighted by molar-refractivity contribution is 5.96. The SMILES string of the molecule is C[C@H](C1CCN(C(=O)OC(C)(C)C)CC1)N1CC=C(c2cc3c(cc2F)c(-c2ccc(OCc4ccccc4)nc2OCc2ccccc2)nn3C)CC1. The van der Waals surface area contributed by atoms with Gasteiger partial charge in [-0.15, -0.1) is 0 Å². The van der Waals surface area contributed by atoms with E-state index in [4.69, 9.17) is 24.3 Å². The number of rotatable bonds is 10. The molecule has 2 aliphatic rings. The number of piperidine rings is 1. The monoisotopic (exact) mass is 731 g/mol. The fourth-order valence-electron chi connectivity index (χ4n) is 7.46. The number of pyridine rings is 1. The first-order chi connectivity index (χ1) is 26.0. The number of fused-ring (bicyclic) bond motifs is 1. The largest absolute Gasteiger partial charge is 0.473 e. The molecule has 3 aromatic carbocycles. The molecule has 0 aliphatic carbocycles. The van der Waals surface area contributed by atoms with Crippen LogP contribution in [0.4, 0.5) is 9.18 Å². The Bertz CT molecular complexity index is 2100. The van der Waals surface area contributed by atoms with E-state index >= 15 is 4.39 Å². The quantitative estimate of drug-likeness (QED) is 0.142. The maximum absolute atomic E-state index is 16.2. The zero-order valence-corrected chi connectivity index (χ0v) is 31.9. The molecular formula is C44H50FN5O4. The van der Waals surface area contributed by atoms with Crippen LogP contribution in [0.2, 0.25) is 0 Å². The molecule has 0 spiro atoms. The van der Waals surface area contributed by atoms with E-state index in [-0.39, 0.29) is 11.9 Å². The summed E-state index contributed by atoms with van der Waals surface area (Å²) in [4.78, 5) is 21.6. The molecule has 9 nitrogen and oxygen atoms in total. The second-order valence-corrected chi connectivity index (χ2v) is 15.4. The number of carbonyl (C=O) groups is 1. The molecule has 5 aromatic rings. The normalized spacial score (nSPS) is 16.3. The van der Waals surface area contributed by atoms with Gasteiger partial charge in [-0.1, -0.05) is 66.7 Å². The predicted molar refractivity (Wildman–Crippen MR) is 210 cm³/mol. The van der Waals surface area contributed by atoms with Gasteiger partial charge in [-0.05, 0) is 87.8 Å². The lowest BCUT2D eigenvalue weighted by molar-refractivity contribution is 0.0139. The lowest BCUT2D eigenvalue weighted by Gasteiger charge is -2.41. The van der Waals surface area contributed by atoms with Gasteiger partial charge < -0.3 is 19.1 Å². The van der Waals surface area contributed by atoms with Crippen LogP contribution in [0.25, 0.3) is 27.7 Å². The van der Waals surface area contributed by atoms with E-state index in [9.17, 15) is 4.79 Å². The van der Waals surface area contributed by atoms with Crippen LogP contribution in [0.15, 0.2) is 91.0 Å². The zero-order valence-electron chi connectivity index (χ0n) is 31.9. The molecular weight excluding hydrogens is 682 g/mol. The maximum Gasteiger partial charge on any atom is 0.410 e. The van der Waals surface area contributed by atoms with Gasteiger partial charge in [0.1, 0.15) is 30.3 Å². The van der Waals surface area contributed by atoms with Crippen LogP contribution in [-0.4, -0.2) is 68.5 Å². The first-order valence-electron chi connectivity index (χ1n) is 18.9. The van der Waals surface area contributed by atoms with Crippen LogP contribution in [0, 0.1) is 11.7 Å². The second kappa shape index (κ2) is 16.0. The molecule has 1 amide bonds. The van der Waals surface area contributed by atoms with Crippen LogP contribution < -0.4 is 9.47 Å². The Kier molecular flexibility index (Phi) is 11.0. The molecule has 1 atom stereocenters. The second-order valence-electron chi connectivity index (χ2n) is 15.4. The lowest BCUT2D eigenvalue weighted by atomic mass is 9.88. The number of likely N-dealkylation sites (tertiary alicyclic amines) is 1. The van der Waals surface area contributed by atoms with Gasteiger partial charge in [-0.2, -0.15) is 10.1 Å². The highest BCUT2D eigenvalue weighted by atomic mass is 19.1. The smallest absolute Gasteiger partial charge is 0.410 e. The van der Waals surface area contributed by atoms with Gasteiger partial charge in [0.05, 0.1) is 11.1 Å². The van der Waals surface area contributed by atoms with Crippen molar-refractivity contribution in [3.63, 3.8) is 0 Å². The minimum atomic E-state index is -0.494. The Morgan fingerprint density at radius 2 is 1.56 bits per heavy atom. The standard InChI is InChI=1S/C44H50FN5O4/c1-30(33-18-24-50(25-19-33)43(51)54-44(2,3)4)49-22-20-34(21-23-49)36-27-39-37(26-38(36)45)41(47-48(39)5)35-16-17-40(52-28-31-12-8-6-9-13-31)46-42(35)53-29-32-14-10-7-11-15-32/h6-17,20,26-27,30,33H,18-19,21-25,28-29H2,1-5H3/t30-/m1/s1. The third-order valence-electron chi connectivity index (χ3n) is 10.5. The highest BCUT2D eigenvalue weighted by Gasteiger charge is 2.32. The van der Waals surface area contributed by atoms with Gasteiger partial charge in [-0.25, -0.2) is 9.18 Å². The Hall–Kier alpha value is -5.22. The van der Waals surface area contributed by atoms with Crippen LogP contribution in [0.1, 0.15) is 63.6 Å². The molecule has 2 aliphatic heterocycles. The Labute approximate surface area is 317 Å². The van der Waals surface area contributed by atoms with Gasteiger partial charge in [-0.3, -0.25) is 9.58 Å². The third-order valence-corrected chi connectivity index (χ3v) is 10.5. The van der Waals surface area contributed by atoms with Crippen molar-refractivity contribution in [3.8, 4) is 23.0 Å². The van der Waals surface area contributed by atoms with Crippen molar-refractivity contribution in [1.82, 2.24) is 24.6 Å². The summed E-state index contributed by atoms with van der Waals surface area (Å²) in [6, 6.07) is 27.4. The third kappa shape index (κ3) is 8.60. The van der Waals surface area contributed by atoms with Gasteiger partial charge >= 0.3 is 6.09 Å². The number of aryl methyl sites for hydroxylation is 1. The average Bonchev–Trinajstić information content (AvgIpc) is 3.50. The molecule has 54 heavy (non-hydrogen) atoms. The Balaban J connectivity index is 1.08. The minimum absolute atomic E-state index is 0.228. The molecule has 10 heteroatoms. The zero-order chi connectivity index (χ0) is 37.8. The minimum Gasteiger partial charge on any atom is -0.473 e. The van der Waals surface area contributed by atoms with Crippen molar-refractivity contribution < 1.29 is 23.4 Å². The predicted octanol–water partition coefficient (Wildman–Crippen LogP) is 9.06. The van der Waals surface area contributed by atoms with Gasteiger partial charge in [0.25, 0.3) is 0 Å². The van der Waals surface area contributed by atoms with E-state index in [0.29, 0.717) is 72.2 Å². The number of hydrogen-bond acceptors (Lipinski definition) is 7. The van der Waals surface area contributed by atoms with E-state index in [0.717, 1.165) is 54.6 Å². The van der Waals surface area contributed by atoms with Crippen molar-refractivity contribution >= 4 is 22.6 Å². The van der Waals surface area contributed by atoms with Gasteiger partial charge in [0, 0.05) is 56.3 Å². The summed E-state index contributed by atoms with van der Waals surface area (Å²) in [6.45, 7) is 11.7. The molecule has 7 rings (SSSR count). The first kappa shape index (κ1) is 37.1. The Morgan fingerprint density at radius 3 is 2.19 bits per heavy atom. The molecule has 2 aromatic heterocycles. The topological polar surface area (TPSA) is 82.0 Å². The number of ether oxygens (including phenoxy) is 3. The number of aromatic nitrogens is 3. The van der Waals surface area contributed by atoms with Crippen LogP contribution in [0.3, 0.4) is 0 Å². The number of nitrogens with zero attached hydrogens (tertiary/aromatic N) is 5. The number of benzene rings is 3. The van der Waals surface area contributed by atoms with E-state index in [1.54, 1.807) is 10.7 Å². The van der Waals surface area contributed by atoms with Crippen LogP contribution >= 0.6 is 0 Å². The Morgan fingerprint density at radius 1 is 0.889 bits per heavy atom. The highest BCUT2D eigenvalue weighted by Crippen LogP contribution is 2.38. The van der Waals surface area contributed by atoms with Gasteiger partial charge in [0.15, 0.2) is 0 Å². The summed E-state index contributed by atoms with van der Waals surface area (Å²) in [5.41, 5.74) is 5.24. The van der Waals surface area contributed by atoms with Crippen molar-refractivity contribution in [1.29, 1.82) is 0 Å². The maximum atomic E-state index is 16.2. The fraction of sp³-hybridized carbons (Fsp3) is 0.386. The summed E-state index contributed by atoms with van der Waals surface area (Å²) in [5, 5.41) is 5.56. The van der Waals surface area contributed by atoms with Crippen LogP contribution in [-0.2, 0) is 25.0 Å². The number of carbonyl (C=O) groups excluding carboxylic acids is 1. The molecule has 0 unspecified atom stereocenters. The van der Waals surface area contributed by atoms with E-state index in [1.165, 1.54) is 0 Å². The molecule has 282 valence electrons. The lowest BCUT2D eigenvalue weighted by Crippen LogP contribution is -2.47. The van der Waals surface area contributed by atoms with Crippen molar-refractivity contribution in [3.05, 3.63) is 114 Å². The number of halogens is 1. The molecule has 0 saturated carbocycles. The van der Waals surface area contributed by atoms with E-state index < -0.39 is 5.60 Å². The molecule has 0 radical (unpaired) electrons. The first-order valence-corrected chi connectivity index (χ1v) is 18.9. The average molecular weight is 732 g/mol.